The molecular formula is C22H36N4O3. The Morgan fingerprint density at radius 2 is 2.03 bits per heavy atom. The van der Waals surface area contributed by atoms with Crippen LogP contribution in [0.1, 0.15) is 72.1 Å². The molecule has 1 aromatic heterocycles. The number of carbonyl (C=O) groups is 1. The number of carbonyl (C=O) groups excluding carboxylic acids is 1. The summed E-state index contributed by atoms with van der Waals surface area (Å²) >= 11 is 0. The predicted molar refractivity (Wildman–Crippen MR) is 116 cm³/mol. The molecule has 162 valence electrons. The zero-order chi connectivity index (χ0) is 21.1. The number of hydrogen-bond acceptors (Lipinski definition) is 4. The Kier molecular flexibility index (Phi) is 6.85. The summed E-state index contributed by atoms with van der Waals surface area (Å²) in [6, 6.07) is 0. The van der Waals surface area contributed by atoms with Crippen LogP contribution < -0.4 is 21.9 Å². The van der Waals surface area contributed by atoms with Gasteiger partial charge in [0.15, 0.2) is 5.69 Å². The molecule has 29 heavy (non-hydrogen) atoms. The summed E-state index contributed by atoms with van der Waals surface area (Å²) < 4.78 is 1.40. The van der Waals surface area contributed by atoms with Crippen molar-refractivity contribution in [1.29, 1.82) is 0 Å². The number of aromatic nitrogens is 2. The first kappa shape index (κ1) is 21.7. The lowest BCUT2D eigenvalue weighted by Crippen LogP contribution is -2.42. The van der Waals surface area contributed by atoms with E-state index in [1.54, 1.807) is 4.90 Å². The highest BCUT2D eigenvalue weighted by Crippen LogP contribution is 2.49. The summed E-state index contributed by atoms with van der Waals surface area (Å²) in [7, 11) is 0. The fourth-order valence-corrected chi connectivity index (χ4v) is 5.09. The van der Waals surface area contributed by atoms with Crippen molar-refractivity contribution in [2.45, 2.75) is 78.7 Å². The Balaban J connectivity index is 1.90. The third-order valence-corrected chi connectivity index (χ3v) is 6.77. The summed E-state index contributed by atoms with van der Waals surface area (Å²) in [5, 5.41) is 0. The molecule has 3 N–H and O–H groups in total. The molecule has 7 heteroatoms. The second-order valence-electron chi connectivity index (χ2n) is 9.37. The van der Waals surface area contributed by atoms with E-state index in [4.69, 9.17) is 5.73 Å². The van der Waals surface area contributed by atoms with Crippen molar-refractivity contribution in [2.24, 2.45) is 23.7 Å². The number of H-pyrrole nitrogens is 1. The number of anilines is 2. The number of nitrogens with one attached hydrogen (secondary N) is 1. The van der Waals surface area contributed by atoms with Gasteiger partial charge in [0, 0.05) is 19.5 Å². The zero-order valence-corrected chi connectivity index (χ0v) is 18.1. The van der Waals surface area contributed by atoms with Gasteiger partial charge in [-0.3, -0.25) is 19.1 Å². The lowest BCUT2D eigenvalue weighted by Gasteiger charge is -2.28. The highest BCUT2D eigenvalue weighted by atomic mass is 16.2. The third-order valence-electron chi connectivity index (χ3n) is 6.77. The van der Waals surface area contributed by atoms with Gasteiger partial charge in [-0.25, -0.2) is 4.79 Å². The van der Waals surface area contributed by atoms with Crippen LogP contribution in [-0.2, 0) is 11.3 Å². The maximum absolute atomic E-state index is 13.3. The Hall–Kier alpha value is -2.05. The summed E-state index contributed by atoms with van der Waals surface area (Å²) in [6.07, 6.45) is 7.80. The number of nitrogen functional groups attached to an aromatic ring is 1. The molecule has 0 aliphatic heterocycles. The van der Waals surface area contributed by atoms with Crippen LogP contribution >= 0.6 is 0 Å². The Labute approximate surface area is 172 Å². The fraction of sp³-hybridized carbons (Fsp3) is 0.773. The monoisotopic (exact) mass is 404 g/mol. The van der Waals surface area contributed by atoms with Gasteiger partial charge >= 0.3 is 5.69 Å². The topological polar surface area (TPSA) is 101 Å². The number of hydrogen-bond donors (Lipinski definition) is 2. The molecule has 0 aromatic carbocycles. The van der Waals surface area contributed by atoms with Gasteiger partial charge in [0.2, 0.25) is 5.91 Å². The maximum atomic E-state index is 13.3. The molecule has 1 aromatic rings. The number of rotatable bonds is 9. The van der Waals surface area contributed by atoms with Crippen molar-refractivity contribution in [3.05, 3.63) is 20.8 Å². The molecule has 3 rings (SSSR count). The van der Waals surface area contributed by atoms with Gasteiger partial charge in [-0.1, -0.05) is 33.6 Å². The van der Waals surface area contributed by atoms with Crippen molar-refractivity contribution in [3.8, 4) is 0 Å². The fourth-order valence-electron chi connectivity index (χ4n) is 5.09. The van der Waals surface area contributed by atoms with Gasteiger partial charge in [-0.15, -0.1) is 0 Å². The second-order valence-corrected chi connectivity index (χ2v) is 9.37. The van der Waals surface area contributed by atoms with Crippen LogP contribution in [0, 0.1) is 23.7 Å². The third kappa shape index (κ3) is 4.75. The smallest absolute Gasteiger partial charge is 0.330 e. The molecule has 1 amide bonds. The van der Waals surface area contributed by atoms with E-state index in [2.05, 4.69) is 18.8 Å². The first-order chi connectivity index (χ1) is 13.8. The predicted octanol–water partition coefficient (Wildman–Crippen LogP) is 3.12. The van der Waals surface area contributed by atoms with Crippen molar-refractivity contribution in [1.82, 2.24) is 9.55 Å². The van der Waals surface area contributed by atoms with Crippen molar-refractivity contribution < 1.29 is 4.79 Å². The minimum absolute atomic E-state index is 0.0407. The van der Waals surface area contributed by atoms with Gasteiger partial charge in [-0.05, 0) is 55.8 Å². The number of nitrogens with two attached hydrogens (primary N) is 1. The van der Waals surface area contributed by atoms with Crippen LogP contribution in [0.5, 0.6) is 0 Å². The number of aromatic amines is 1. The van der Waals surface area contributed by atoms with Crippen molar-refractivity contribution >= 4 is 17.4 Å². The van der Waals surface area contributed by atoms with Crippen LogP contribution in [0.3, 0.4) is 0 Å². The molecule has 0 radical (unpaired) electrons. The molecule has 0 spiro atoms. The Morgan fingerprint density at radius 3 is 2.62 bits per heavy atom. The molecule has 3 atom stereocenters. The molecule has 0 saturated heterocycles. The average Bonchev–Trinajstić information content (AvgIpc) is 3.26. The van der Waals surface area contributed by atoms with E-state index in [1.165, 1.54) is 23.8 Å². The minimum Gasteiger partial charge on any atom is -0.383 e. The van der Waals surface area contributed by atoms with E-state index < -0.39 is 11.2 Å². The normalized spacial score (nSPS) is 23.1. The summed E-state index contributed by atoms with van der Waals surface area (Å²) in [5.41, 5.74) is 5.37. The molecule has 2 bridgehead atoms. The highest BCUT2D eigenvalue weighted by Gasteiger charge is 2.41. The minimum atomic E-state index is -0.565. The standard InChI is InChI=1S/C22H36N4O3/c1-4-5-9-26-20(23)19(21(28)24-22(26)29)25(10-8-14(2)3)18(27)13-17-12-15-6-7-16(17)11-15/h14-17H,4-13,23H2,1-3H3,(H,24,28,29). The summed E-state index contributed by atoms with van der Waals surface area (Å²) in [6.45, 7) is 7.09. The van der Waals surface area contributed by atoms with E-state index in [1.807, 2.05) is 6.92 Å². The van der Waals surface area contributed by atoms with E-state index in [0.29, 0.717) is 37.3 Å². The van der Waals surface area contributed by atoms with E-state index in [0.717, 1.165) is 31.6 Å². The first-order valence-corrected chi connectivity index (χ1v) is 11.2. The second kappa shape index (κ2) is 9.18. The van der Waals surface area contributed by atoms with E-state index in [9.17, 15) is 14.4 Å². The van der Waals surface area contributed by atoms with Gasteiger partial charge in [0.1, 0.15) is 5.82 Å². The number of nitrogens with zero attached hydrogens (tertiary/aromatic N) is 2. The molecule has 7 nitrogen and oxygen atoms in total. The van der Waals surface area contributed by atoms with Gasteiger partial charge in [0.25, 0.3) is 5.56 Å². The van der Waals surface area contributed by atoms with Gasteiger partial charge < -0.3 is 10.6 Å². The van der Waals surface area contributed by atoms with Crippen LogP contribution in [0.4, 0.5) is 11.5 Å². The quantitative estimate of drug-likeness (QED) is 0.660. The number of fused-ring (bicyclic) bond motifs is 2. The van der Waals surface area contributed by atoms with Crippen molar-refractivity contribution in [3.63, 3.8) is 0 Å². The van der Waals surface area contributed by atoms with Crippen LogP contribution in [0.15, 0.2) is 9.59 Å². The van der Waals surface area contributed by atoms with Crippen LogP contribution in [0.2, 0.25) is 0 Å². The molecule has 2 aliphatic carbocycles. The molecule has 1 heterocycles. The first-order valence-electron chi connectivity index (χ1n) is 11.2. The molecule has 2 saturated carbocycles. The number of amides is 1. The maximum Gasteiger partial charge on any atom is 0.330 e. The Bertz CT molecular complexity index is 841. The highest BCUT2D eigenvalue weighted by molar-refractivity contribution is 5.95. The van der Waals surface area contributed by atoms with Gasteiger partial charge in [-0.2, -0.15) is 0 Å². The average molecular weight is 405 g/mol. The lowest BCUT2D eigenvalue weighted by atomic mass is 9.86. The summed E-state index contributed by atoms with van der Waals surface area (Å²) in [5.74, 6) is 2.28. The largest absolute Gasteiger partial charge is 0.383 e. The van der Waals surface area contributed by atoms with Gasteiger partial charge in [0.05, 0.1) is 0 Å². The number of unbranched alkanes of at least 4 members (excludes halogenated alkanes) is 1. The van der Waals surface area contributed by atoms with Crippen molar-refractivity contribution in [2.75, 3.05) is 17.2 Å². The SMILES string of the molecule is CCCCn1c(N)c(N(CCC(C)C)C(=O)CC2CC3CCC2C3)c(=O)[nH]c1=O. The molecular weight excluding hydrogens is 368 g/mol. The van der Waals surface area contributed by atoms with E-state index in [-0.39, 0.29) is 17.4 Å². The molecule has 2 fully saturated rings. The Morgan fingerprint density at radius 1 is 1.28 bits per heavy atom. The van der Waals surface area contributed by atoms with Crippen LogP contribution in [0.25, 0.3) is 0 Å². The molecule has 3 unspecified atom stereocenters. The van der Waals surface area contributed by atoms with Crippen LogP contribution in [-0.4, -0.2) is 22.0 Å². The summed E-state index contributed by atoms with van der Waals surface area (Å²) in [4.78, 5) is 42.2. The lowest BCUT2D eigenvalue weighted by molar-refractivity contribution is -0.119. The van der Waals surface area contributed by atoms with E-state index >= 15 is 0 Å². The molecule has 2 aliphatic rings. The zero-order valence-electron chi connectivity index (χ0n) is 18.1.